The lowest BCUT2D eigenvalue weighted by Crippen LogP contribution is -2.50. The number of carboxylic acids is 1. The molecule has 0 radical (unpaired) electrons. The molecule has 2 rings (SSSR count). The lowest BCUT2D eigenvalue weighted by molar-refractivity contribution is -0.137. The van der Waals surface area contributed by atoms with Gasteiger partial charge in [-0.3, -0.25) is 4.79 Å². The van der Waals surface area contributed by atoms with Crippen LogP contribution in [0.2, 0.25) is 0 Å². The minimum absolute atomic E-state index is 0.0844. The van der Waals surface area contributed by atoms with Crippen molar-refractivity contribution in [3.8, 4) is 0 Å². The normalized spacial score (nSPS) is 27.3. The second-order valence-electron chi connectivity index (χ2n) is 5.24. The summed E-state index contributed by atoms with van der Waals surface area (Å²) in [4.78, 5) is 10.9. The van der Waals surface area contributed by atoms with Gasteiger partial charge in [0.1, 0.15) is 0 Å². The first kappa shape index (κ1) is 15.1. The lowest BCUT2D eigenvalue weighted by Gasteiger charge is -2.37. The average Bonchev–Trinajstić information content (AvgIpc) is 2.39. The predicted molar refractivity (Wildman–Crippen MR) is 75.9 cm³/mol. The van der Waals surface area contributed by atoms with Crippen LogP contribution in [0.1, 0.15) is 38.5 Å². The quantitative estimate of drug-likeness (QED) is 0.853. The number of aliphatic carboxylic acids is 1. The average molecular weight is 307 g/mol. The van der Waals surface area contributed by atoms with E-state index >= 15 is 0 Å². The summed E-state index contributed by atoms with van der Waals surface area (Å²) in [6.45, 7) is 0.460. The Hall–Kier alpha value is -0.270. The van der Waals surface area contributed by atoms with Gasteiger partial charge in [-0.25, -0.2) is 8.42 Å². The summed E-state index contributed by atoms with van der Waals surface area (Å²) in [6.07, 6.45) is 4.42. The largest absolute Gasteiger partial charge is 0.481 e. The molecule has 1 saturated carbocycles. The first-order valence-electron chi connectivity index (χ1n) is 6.82. The molecule has 1 aliphatic carbocycles. The molecule has 7 heteroatoms. The molecule has 5 nitrogen and oxygen atoms in total. The Morgan fingerprint density at radius 2 is 1.95 bits per heavy atom. The maximum atomic E-state index is 12.7. The Morgan fingerprint density at radius 1 is 1.26 bits per heavy atom. The third-order valence-corrected chi connectivity index (χ3v) is 7.42. The summed E-state index contributed by atoms with van der Waals surface area (Å²) < 4.78 is 26.8. The molecular formula is C12H21NO4S2. The van der Waals surface area contributed by atoms with Crippen LogP contribution in [0.5, 0.6) is 0 Å². The smallest absolute Gasteiger partial charge is 0.305 e. The van der Waals surface area contributed by atoms with Crippen molar-refractivity contribution in [1.82, 2.24) is 4.31 Å². The van der Waals surface area contributed by atoms with Crippen LogP contribution in [0.25, 0.3) is 0 Å². The molecule has 1 atom stereocenters. The highest BCUT2D eigenvalue weighted by Gasteiger charge is 2.39. The van der Waals surface area contributed by atoms with Crippen molar-refractivity contribution in [3.63, 3.8) is 0 Å². The highest BCUT2D eigenvalue weighted by Crippen LogP contribution is 2.30. The third-order valence-electron chi connectivity index (χ3n) is 3.88. The molecule has 19 heavy (non-hydrogen) atoms. The monoisotopic (exact) mass is 307 g/mol. The molecule has 1 saturated heterocycles. The maximum absolute atomic E-state index is 12.7. The number of carbonyl (C=O) groups is 1. The van der Waals surface area contributed by atoms with Crippen LogP contribution in [0.15, 0.2) is 0 Å². The van der Waals surface area contributed by atoms with Gasteiger partial charge < -0.3 is 5.11 Å². The van der Waals surface area contributed by atoms with E-state index in [1.807, 2.05) is 0 Å². The van der Waals surface area contributed by atoms with Crippen molar-refractivity contribution in [2.75, 3.05) is 18.1 Å². The van der Waals surface area contributed by atoms with Gasteiger partial charge in [0.15, 0.2) is 0 Å². The van der Waals surface area contributed by atoms with Gasteiger partial charge in [-0.1, -0.05) is 19.3 Å². The molecule has 1 N–H and O–H groups in total. The van der Waals surface area contributed by atoms with Crippen LogP contribution in [-0.4, -0.2) is 53.1 Å². The van der Waals surface area contributed by atoms with Gasteiger partial charge in [-0.2, -0.15) is 16.1 Å². The number of hydrogen-bond acceptors (Lipinski definition) is 4. The maximum Gasteiger partial charge on any atom is 0.305 e. The molecule has 1 unspecified atom stereocenters. The van der Waals surface area contributed by atoms with Gasteiger partial charge in [0.05, 0.1) is 11.7 Å². The number of rotatable bonds is 4. The molecule has 0 aromatic rings. The number of sulfonamides is 1. The van der Waals surface area contributed by atoms with Gasteiger partial charge in [0, 0.05) is 24.1 Å². The molecule has 2 fully saturated rings. The van der Waals surface area contributed by atoms with Gasteiger partial charge in [-0.15, -0.1) is 0 Å². The fourth-order valence-electron chi connectivity index (χ4n) is 2.89. The third kappa shape index (κ3) is 3.64. The molecule has 0 amide bonds. The zero-order valence-electron chi connectivity index (χ0n) is 11.0. The predicted octanol–water partition coefficient (Wildman–Crippen LogP) is 1.54. The summed E-state index contributed by atoms with van der Waals surface area (Å²) in [6, 6.07) is -0.372. The second-order valence-corrected chi connectivity index (χ2v) is 8.56. The number of nitrogens with zero attached hydrogens (tertiary/aromatic N) is 1. The SMILES string of the molecule is O=C(O)CC1CSCCN1S(=O)(=O)C1CCCCC1. The second kappa shape index (κ2) is 6.45. The van der Waals surface area contributed by atoms with Crippen LogP contribution in [0.3, 0.4) is 0 Å². The lowest BCUT2D eigenvalue weighted by atomic mass is 10.0. The van der Waals surface area contributed by atoms with E-state index in [1.165, 1.54) is 4.31 Å². The minimum atomic E-state index is -3.32. The highest BCUT2D eigenvalue weighted by molar-refractivity contribution is 7.99. The van der Waals surface area contributed by atoms with Crippen LogP contribution in [0.4, 0.5) is 0 Å². The Labute approximate surface area is 118 Å². The van der Waals surface area contributed by atoms with E-state index in [0.717, 1.165) is 37.9 Å². The number of hydrogen-bond donors (Lipinski definition) is 1. The van der Waals surface area contributed by atoms with Crippen LogP contribution < -0.4 is 0 Å². The standard InChI is InChI=1S/C12H21NO4S2/c14-12(15)8-10-9-18-7-6-13(10)19(16,17)11-4-2-1-3-5-11/h10-11H,1-9H2,(H,14,15). The Kier molecular flexibility index (Phi) is 5.14. The Balaban J connectivity index is 2.13. The number of thioether (sulfide) groups is 1. The molecule has 110 valence electrons. The van der Waals surface area contributed by atoms with Crippen LogP contribution >= 0.6 is 11.8 Å². The topological polar surface area (TPSA) is 74.7 Å². The molecule has 1 heterocycles. The molecular weight excluding hydrogens is 286 g/mol. The fourth-order valence-corrected chi connectivity index (χ4v) is 6.39. The summed E-state index contributed by atoms with van der Waals surface area (Å²) in [5.41, 5.74) is 0. The van der Waals surface area contributed by atoms with E-state index < -0.39 is 16.0 Å². The van der Waals surface area contributed by atoms with E-state index in [9.17, 15) is 13.2 Å². The van der Waals surface area contributed by atoms with Gasteiger partial charge in [-0.05, 0) is 12.8 Å². The van der Waals surface area contributed by atoms with Gasteiger partial charge in [0.2, 0.25) is 10.0 Å². The van der Waals surface area contributed by atoms with Gasteiger partial charge in [0.25, 0.3) is 0 Å². The van der Waals surface area contributed by atoms with E-state index in [-0.39, 0.29) is 17.7 Å². The molecule has 1 aliphatic heterocycles. The first-order chi connectivity index (χ1) is 9.01. The van der Waals surface area contributed by atoms with Gasteiger partial charge >= 0.3 is 5.97 Å². The highest BCUT2D eigenvalue weighted by atomic mass is 32.2. The molecule has 2 aliphatic rings. The Morgan fingerprint density at radius 3 is 2.58 bits per heavy atom. The van der Waals surface area contributed by atoms with E-state index in [2.05, 4.69) is 0 Å². The summed E-state index contributed by atoms with van der Waals surface area (Å²) in [5, 5.41) is 8.64. The minimum Gasteiger partial charge on any atom is -0.481 e. The van der Waals surface area contributed by atoms with E-state index in [1.54, 1.807) is 11.8 Å². The molecule has 0 spiro atoms. The van der Waals surface area contributed by atoms with Crippen LogP contribution in [0, 0.1) is 0 Å². The summed E-state index contributed by atoms with van der Waals surface area (Å²) in [7, 11) is -3.32. The van der Waals surface area contributed by atoms with Crippen molar-refractivity contribution in [1.29, 1.82) is 0 Å². The van der Waals surface area contributed by atoms with Crippen molar-refractivity contribution in [2.24, 2.45) is 0 Å². The van der Waals surface area contributed by atoms with E-state index in [0.29, 0.717) is 12.3 Å². The summed E-state index contributed by atoms with van der Waals surface area (Å²) >= 11 is 1.64. The summed E-state index contributed by atoms with van der Waals surface area (Å²) in [5.74, 6) is 0.441. The van der Waals surface area contributed by atoms with E-state index in [4.69, 9.17) is 5.11 Å². The van der Waals surface area contributed by atoms with Crippen molar-refractivity contribution in [2.45, 2.75) is 49.8 Å². The molecule has 0 bridgehead atoms. The van der Waals surface area contributed by atoms with Crippen molar-refractivity contribution in [3.05, 3.63) is 0 Å². The number of carboxylic acid groups (broad SMARTS) is 1. The van der Waals surface area contributed by atoms with Crippen LogP contribution in [-0.2, 0) is 14.8 Å². The zero-order valence-corrected chi connectivity index (χ0v) is 12.6. The van der Waals surface area contributed by atoms with Crippen molar-refractivity contribution >= 4 is 27.8 Å². The molecule has 0 aromatic heterocycles. The molecule has 0 aromatic carbocycles. The fraction of sp³-hybridized carbons (Fsp3) is 0.917. The van der Waals surface area contributed by atoms with Crippen molar-refractivity contribution < 1.29 is 18.3 Å². The first-order valence-corrected chi connectivity index (χ1v) is 9.48. The Bertz CT molecular complexity index is 417. The zero-order chi connectivity index (χ0) is 13.9.